The first kappa shape index (κ1) is 16.9. The summed E-state index contributed by atoms with van der Waals surface area (Å²) in [7, 11) is -2.00. The molecule has 0 saturated carbocycles. The Kier molecular flexibility index (Phi) is 5.83. The van der Waals surface area contributed by atoms with E-state index in [-0.39, 0.29) is 0 Å². The van der Waals surface area contributed by atoms with Gasteiger partial charge in [-0.25, -0.2) is 0 Å². The Bertz CT molecular complexity index is 557. The second-order valence-corrected chi connectivity index (χ2v) is 13.5. The molecule has 1 nitrogen and oxygen atoms in total. The SMILES string of the molecule is CC(C)[Si](OCc1ccccc1)(c1ccc(Br)s1)C(C)C. The topological polar surface area (TPSA) is 9.23 Å². The number of hydrogen-bond donors (Lipinski definition) is 0. The maximum absolute atomic E-state index is 6.67. The molecule has 0 radical (unpaired) electrons. The maximum Gasteiger partial charge on any atom is 0.239 e. The minimum Gasteiger partial charge on any atom is -0.407 e. The Hall–Kier alpha value is -0.423. The van der Waals surface area contributed by atoms with Crippen LogP contribution in [0.15, 0.2) is 46.3 Å². The Morgan fingerprint density at radius 1 is 1.00 bits per heavy atom. The summed E-state index contributed by atoms with van der Waals surface area (Å²) in [5.41, 5.74) is 2.35. The highest BCUT2D eigenvalue weighted by atomic mass is 79.9. The molecule has 1 heterocycles. The predicted molar refractivity (Wildman–Crippen MR) is 98.8 cm³/mol. The molecular formula is C17H23BrOSSi. The largest absolute Gasteiger partial charge is 0.407 e. The van der Waals surface area contributed by atoms with Crippen LogP contribution in [0, 0.1) is 0 Å². The minimum atomic E-state index is -2.00. The molecular weight excluding hydrogens is 360 g/mol. The van der Waals surface area contributed by atoms with Gasteiger partial charge in [-0.05, 0) is 44.7 Å². The zero-order chi connectivity index (χ0) is 15.5. The molecule has 2 rings (SSSR count). The number of benzene rings is 1. The summed E-state index contributed by atoms with van der Waals surface area (Å²) in [6, 6.07) is 14.9. The molecule has 0 atom stereocenters. The molecule has 0 saturated heterocycles. The summed E-state index contributed by atoms with van der Waals surface area (Å²) >= 11 is 5.44. The second kappa shape index (κ2) is 7.23. The first-order valence-corrected chi connectivity index (χ1v) is 11.1. The summed E-state index contributed by atoms with van der Waals surface area (Å²) in [5, 5.41) is 0. The van der Waals surface area contributed by atoms with Gasteiger partial charge in [0.2, 0.25) is 8.32 Å². The van der Waals surface area contributed by atoms with Crippen LogP contribution in [0.25, 0.3) is 0 Å². The minimum absolute atomic E-state index is 0.548. The number of thiophene rings is 1. The summed E-state index contributed by atoms with van der Waals surface area (Å²) in [4.78, 5) is 0. The van der Waals surface area contributed by atoms with E-state index in [9.17, 15) is 0 Å². The molecule has 21 heavy (non-hydrogen) atoms. The van der Waals surface area contributed by atoms with Crippen LogP contribution < -0.4 is 4.50 Å². The fourth-order valence-electron chi connectivity index (χ4n) is 2.94. The van der Waals surface area contributed by atoms with Crippen molar-refractivity contribution in [3.8, 4) is 0 Å². The number of hydrogen-bond acceptors (Lipinski definition) is 2. The number of halogens is 1. The van der Waals surface area contributed by atoms with Crippen molar-refractivity contribution in [2.24, 2.45) is 0 Å². The van der Waals surface area contributed by atoms with Crippen LogP contribution in [-0.4, -0.2) is 8.32 Å². The van der Waals surface area contributed by atoms with Crippen LogP contribution in [0.2, 0.25) is 11.1 Å². The predicted octanol–water partition coefficient (Wildman–Crippen LogP) is 5.70. The average Bonchev–Trinajstić information content (AvgIpc) is 2.87. The van der Waals surface area contributed by atoms with Gasteiger partial charge in [0.05, 0.1) is 10.4 Å². The highest BCUT2D eigenvalue weighted by Crippen LogP contribution is 2.36. The van der Waals surface area contributed by atoms with Crippen LogP contribution in [0.3, 0.4) is 0 Å². The Labute approximate surface area is 141 Å². The van der Waals surface area contributed by atoms with Crippen LogP contribution >= 0.6 is 27.3 Å². The summed E-state index contributed by atoms with van der Waals surface area (Å²) in [6.45, 7) is 9.95. The zero-order valence-electron chi connectivity index (χ0n) is 13.1. The Morgan fingerprint density at radius 2 is 1.62 bits per heavy atom. The first-order chi connectivity index (χ1) is 9.96. The average molecular weight is 383 g/mol. The van der Waals surface area contributed by atoms with Crippen LogP contribution in [-0.2, 0) is 11.0 Å². The highest BCUT2D eigenvalue weighted by Gasteiger charge is 2.45. The molecule has 0 N–H and O–H groups in total. The molecule has 0 aliphatic carbocycles. The maximum atomic E-state index is 6.67. The van der Waals surface area contributed by atoms with Gasteiger partial charge in [-0.3, -0.25) is 0 Å². The fraction of sp³-hybridized carbons (Fsp3) is 0.412. The van der Waals surface area contributed by atoms with Gasteiger partial charge in [-0.15, -0.1) is 11.3 Å². The van der Waals surface area contributed by atoms with Crippen molar-refractivity contribution in [2.45, 2.75) is 45.4 Å². The third kappa shape index (κ3) is 3.67. The van der Waals surface area contributed by atoms with Crippen molar-refractivity contribution in [1.82, 2.24) is 0 Å². The standard InChI is InChI=1S/C17H23BrOSSi/c1-13(2)21(14(3)4,17-11-10-16(18)20-17)19-12-15-8-6-5-7-9-15/h5-11,13-14H,12H2,1-4H3. The molecule has 114 valence electrons. The molecule has 0 fully saturated rings. The molecule has 2 aromatic rings. The second-order valence-electron chi connectivity index (χ2n) is 5.98. The van der Waals surface area contributed by atoms with Gasteiger partial charge in [0, 0.05) is 4.50 Å². The molecule has 1 aromatic carbocycles. The van der Waals surface area contributed by atoms with E-state index >= 15 is 0 Å². The third-order valence-electron chi connectivity index (χ3n) is 3.99. The smallest absolute Gasteiger partial charge is 0.239 e. The lowest BCUT2D eigenvalue weighted by atomic mass is 10.2. The van der Waals surface area contributed by atoms with E-state index in [4.69, 9.17) is 4.43 Å². The van der Waals surface area contributed by atoms with E-state index in [1.807, 2.05) is 11.3 Å². The monoisotopic (exact) mass is 382 g/mol. The van der Waals surface area contributed by atoms with Crippen LogP contribution in [0.1, 0.15) is 33.3 Å². The van der Waals surface area contributed by atoms with Crippen molar-refractivity contribution < 1.29 is 4.43 Å². The fourth-order valence-corrected chi connectivity index (χ4v) is 11.1. The van der Waals surface area contributed by atoms with E-state index in [1.54, 1.807) is 0 Å². The molecule has 0 aliphatic rings. The molecule has 0 bridgehead atoms. The van der Waals surface area contributed by atoms with Gasteiger partial charge in [0.15, 0.2) is 0 Å². The van der Waals surface area contributed by atoms with Crippen LogP contribution in [0.5, 0.6) is 0 Å². The van der Waals surface area contributed by atoms with E-state index in [2.05, 4.69) is 86.1 Å². The molecule has 4 heteroatoms. The molecule has 0 amide bonds. The van der Waals surface area contributed by atoms with Gasteiger partial charge in [0.1, 0.15) is 0 Å². The van der Waals surface area contributed by atoms with Crippen molar-refractivity contribution in [2.75, 3.05) is 0 Å². The Morgan fingerprint density at radius 3 is 2.10 bits per heavy atom. The van der Waals surface area contributed by atoms with Crippen molar-refractivity contribution in [3.63, 3.8) is 0 Å². The van der Waals surface area contributed by atoms with E-state index in [0.29, 0.717) is 17.7 Å². The third-order valence-corrected chi connectivity index (χ3v) is 11.7. The first-order valence-electron chi connectivity index (χ1n) is 7.40. The van der Waals surface area contributed by atoms with Crippen LogP contribution in [0.4, 0.5) is 0 Å². The lowest BCUT2D eigenvalue weighted by Gasteiger charge is -2.38. The highest BCUT2D eigenvalue weighted by molar-refractivity contribution is 9.11. The quantitative estimate of drug-likeness (QED) is 0.582. The van der Waals surface area contributed by atoms with Gasteiger partial charge in [-0.1, -0.05) is 58.0 Å². The molecule has 0 unspecified atom stereocenters. The molecule has 1 aromatic heterocycles. The van der Waals surface area contributed by atoms with E-state index in [1.165, 1.54) is 13.9 Å². The summed E-state index contributed by atoms with van der Waals surface area (Å²) in [5.74, 6) is 0. The van der Waals surface area contributed by atoms with E-state index < -0.39 is 8.32 Å². The van der Waals surface area contributed by atoms with Gasteiger partial charge in [0.25, 0.3) is 0 Å². The summed E-state index contributed by atoms with van der Waals surface area (Å²) in [6.07, 6.45) is 0. The van der Waals surface area contributed by atoms with Crippen molar-refractivity contribution in [1.29, 1.82) is 0 Å². The number of rotatable bonds is 6. The van der Waals surface area contributed by atoms with E-state index in [0.717, 1.165) is 0 Å². The molecule has 0 spiro atoms. The summed E-state index contributed by atoms with van der Waals surface area (Å²) < 4.78 is 9.30. The van der Waals surface area contributed by atoms with Gasteiger partial charge in [-0.2, -0.15) is 0 Å². The lowest BCUT2D eigenvalue weighted by Crippen LogP contribution is -2.54. The molecule has 0 aliphatic heterocycles. The lowest BCUT2D eigenvalue weighted by molar-refractivity contribution is 0.283. The van der Waals surface area contributed by atoms with Gasteiger partial charge >= 0.3 is 0 Å². The normalized spacial score (nSPS) is 12.3. The van der Waals surface area contributed by atoms with Crippen molar-refractivity contribution >= 4 is 40.1 Å². The Balaban J connectivity index is 2.31. The van der Waals surface area contributed by atoms with Gasteiger partial charge < -0.3 is 4.43 Å². The zero-order valence-corrected chi connectivity index (χ0v) is 16.5. The van der Waals surface area contributed by atoms with Crippen molar-refractivity contribution in [3.05, 3.63) is 51.8 Å².